The molecular weight excluding hydrogens is 308 g/mol. The van der Waals surface area contributed by atoms with Crippen molar-refractivity contribution in [3.8, 4) is 10.8 Å². The Labute approximate surface area is 137 Å². The van der Waals surface area contributed by atoms with Crippen LogP contribution in [0.3, 0.4) is 0 Å². The second-order valence-electron chi connectivity index (χ2n) is 5.61. The van der Waals surface area contributed by atoms with Crippen molar-refractivity contribution in [1.82, 2.24) is 19.7 Å². The fraction of sp³-hybridized carbons (Fsp3) is 0.235. The van der Waals surface area contributed by atoms with E-state index in [-0.39, 0.29) is 0 Å². The van der Waals surface area contributed by atoms with Crippen molar-refractivity contribution in [2.45, 2.75) is 26.8 Å². The van der Waals surface area contributed by atoms with Crippen LogP contribution in [0.1, 0.15) is 17.0 Å². The van der Waals surface area contributed by atoms with Gasteiger partial charge in [-0.15, -0.1) is 11.3 Å². The standard InChI is InChI=1S/C17H16N4OS/c1-11-8-13-14(9-12(11)2)21(10-18-13)6-5-16-19-17(22-20-16)15-4-3-7-23-15/h3-4,7-10H,5-6H2,1-2H3. The van der Waals surface area contributed by atoms with Crippen LogP contribution in [0.2, 0.25) is 0 Å². The predicted molar refractivity (Wildman–Crippen MR) is 90.5 cm³/mol. The van der Waals surface area contributed by atoms with Gasteiger partial charge in [-0.3, -0.25) is 0 Å². The van der Waals surface area contributed by atoms with E-state index in [1.165, 1.54) is 11.1 Å². The molecule has 0 amide bonds. The van der Waals surface area contributed by atoms with E-state index < -0.39 is 0 Å². The van der Waals surface area contributed by atoms with Gasteiger partial charge in [-0.25, -0.2) is 4.98 Å². The van der Waals surface area contributed by atoms with Crippen molar-refractivity contribution in [2.24, 2.45) is 0 Å². The minimum absolute atomic E-state index is 0.594. The van der Waals surface area contributed by atoms with Crippen molar-refractivity contribution in [2.75, 3.05) is 0 Å². The van der Waals surface area contributed by atoms with Crippen molar-refractivity contribution in [3.05, 3.63) is 52.9 Å². The van der Waals surface area contributed by atoms with Crippen LogP contribution in [0.25, 0.3) is 21.8 Å². The Balaban J connectivity index is 1.54. The highest BCUT2D eigenvalue weighted by atomic mass is 32.1. The van der Waals surface area contributed by atoms with Crippen molar-refractivity contribution >= 4 is 22.4 Å². The van der Waals surface area contributed by atoms with Crippen LogP contribution < -0.4 is 0 Å². The molecule has 0 spiro atoms. The van der Waals surface area contributed by atoms with E-state index in [2.05, 4.69) is 45.7 Å². The quantitative estimate of drug-likeness (QED) is 0.569. The molecule has 0 aliphatic heterocycles. The summed E-state index contributed by atoms with van der Waals surface area (Å²) < 4.78 is 7.47. The molecule has 0 radical (unpaired) electrons. The highest BCUT2D eigenvalue weighted by molar-refractivity contribution is 7.13. The van der Waals surface area contributed by atoms with Crippen molar-refractivity contribution in [3.63, 3.8) is 0 Å². The molecule has 0 aliphatic rings. The highest BCUT2D eigenvalue weighted by Crippen LogP contribution is 2.23. The van der Waals surface area contributed by atoms with E-state index in [1.54, 1.807) is 11.3 Å². The third-order valence-corrected chi connectivity index (χ3v) is 4.87. The number of rotatable bonds is 4. The Hall–Kier alpha value is -2.47. The maximum atomic E-state index is 5.33. The van der Waals surface area contributed by atoms with Gasteiger partial charge in [0.1, 0.15) is 0 Å². The van der Waals surface area contributed by atoms with E-state index in [0.717, 1.165) is 28.3 Å². The molecule has 1 aromatic carbocycles. The minimum atomic E-state index is 0.594. The number of fused-ring (bicyclic) bond motifs is 1. The van der Waals surface area contributed by atoms with Crippen LogP contribution in [0, 0.1) is 13.8 Å². The summed E-state index contributed by atoms with van der Waals surface area (Å²) in [5, 5.41) is 6.07. The lowest BCUT2D eigenvalue weighted by molar-refractivity contribution is 0.421. The molecule has 5 nitrogen and oxygen atoms in total. The molecule has 3 heterocycles. The van der Waals surface area contributed by atoms with Crippen molar-refractivity contribution in [1.29, 1.82) is 0 Å². The third kappa shape index (κ3) is 2.66. The van der Waals surface area contributed by atoms with Crippen LogP contribution >= 0.6 is 11.3 Å². The summed E-state index contributed by atoms with van der Waals surface area (Å²) >= 11 is 1.60. The molecule has 4 aromatic rings. The zero-order valence-corrected chi connectivity index (χ0v) is 13.8. The van der Waals surface area contributed by atoms with Gasteiger partial charge in [-0.1, -0.05) is 11.2 Å². The van der Waals surface area contributed by atoms with Crippen LogP contribution in [0.4, 0.5) is 0 Å². The van der Waals surface area contributed by atoms with Crippen LogP contribution in [-0.4, -0.2) is 19.7 Å². The lowest BCUT2D eigenvalue weighted by Gasteiger charge is -2.04. The fourth-order valence-corrected chi connectivity index (χ4v) is 3.21. The zero-order valence-electron chi connectivity index (χ0n) is 13.0. The van der Waals surface area contributed by atoms with E-state index in [4.69, 9.17) is 4.52 Å². The van der Waals surface area contributed by atoms with E-state index >= 15 is 0 Å². The summed E-state index contributed by atoms with van der Waals surface area (Å²) in [4.78, 5) is 9.94. The molecular formula is C17H16N4OS. The number of imidazole rings is 1. The molecule has 0 atom stereocenters. The van der Waals surface area contributed by atoms with Gasteiger partial charge in [0.15, 0.2) is 5.82 Å². The molecule has 0 N–H and O–H groups in total. The number of nitrogens with zero attached hydrogens (tertiary/aromatic N) is 4. The molecule has 0 aliphatic carbocycles. The Morgan fingerprint density at radius 3 is 2.91 bits per heavy atom. The maximum absolute atomic E-state index is 5.33. The normalized spacial score (nSPS) is 11.4. The number of hydrogen-bond donors (Lipinski definition) is 0. The van der Waals surface area contributed by atoms with E-state index in [9.17, 15) is 0 Å². The van der Waals surface area contributed by atoms with Crippen molar-refractivity contribution < 1.29 is 4.52 Å². The third-order valence-electron chi connectivity index (χ3n) is 4.01. The van der Waals surface area contributed by atoms with Gasteiger partial charge in [0, 0.05) is 13.0 Å². The smallest absolute Gasteiger partial charge is 0.267 e. The van der Waals surface area contributed by atoms with Gasteiger partial charge >= 0.3 is 0 Å². The van der Waals surface area contributed by atoms with E-state index in [0.29, 0.717) is 12.3 Å². The van der Waals surface area contributed by atoms with Gasteiger partial charge in [-0.05, 0) is 48.6 Å². The van der Waals surface area contributed by atoms with E-state index in [1.807, 2.05) is 23.8 Å². The topological polar surface area (TPSA) is 56.7 Å². The highest BCUT2D eigenvalue weighted by Gasteiger charge is 2.11. The lowest BCUT2D eigenvalue weighted by atomic mass is 10.1. The molecule has 3 aromatic heterocycles. The van der Waals surface area contributed by atoms with Crippen LogP contribution in [0.5, 0.6) is 0 Å². The summed E-state index contributed by atoms with van der Waals surface area (Å²) in [6.45, 7) is 5.01. The molecule has 0 fully saturated rings. The number of hydrogen-bond acceptors (Lipinski definition) is 5. The second-order valence-corrected chi connectivity index (χ2v) is 6.55. The summed E-state index contributed by atoms with van der Waals surface area (Å²) in [5.74, 6) is 1.32. The number of aryl methyl sites for hydroxylation is 4. The fourth-order valence-electron chi connectivity index (χ4n) is 2.57. The monoisotopic (exact) mass is 324 g/mol. The Morgan fingerprint density at radius 2 is 2.09 bits per heavy atom. The van der Waals surface area contributed by atoms with Gasteiger partial charge < -0.3 is 9.09 Å². The number of aromatic nitrogens is 4. The van der Waals surface area contributed by atoms with Crippen LogP contribution in [0.15, 0.2) is 40.5 Å². The molecule has 4 rings (SSSR count). The predicted octanol–water partition coefficient (Wildman–Crippen LogP) is 4.01. The first-order chi connectivity index (χ1) is 11.2. The summed E-state index contributed by atoms with van der Waals surface area (Å²) in [6.07, 6.45) is 2.59. The SMILES string of the molecule is Cc1cc2ncn(CCc3noc(-c4cccs4)n3)c2cc1C. The lowest BCUT2D eigenvalue weighted by Crippen LogP contribution is -2.01. The number of benzene rings is 1. The Kier molecular flexibility index (Phi) is 3.46. The Morgan fingerprint density at radius 1 is 1.22 bits per heavy atom. The summed E-state index contributed by atoms with van der Waals surface area (Å²) in [6, 6.07) is 8.28. The minimum Gasteiger partial charge on any atom is -0.333 e. The second kappa shape index (κ2) is 5.62. The first kappa shape index (κ1) is 14.1. The molecule has 116 valence electrons. The van der Waals surface area contributed by atoms with Gasteiger partial charge in [0.2, 0.25) is 0 Å². The zero-order chi connectivity index (χ0) is 15.8. The summed E-state index contributed by atoms with van der Waals surface area (Å²) in [7, 11) is 0. The molecule has 0 bridgehead atoms. The molecule has 23 heavy (non-hydrogen) atoms. The first-order valence-corrected chi connectivity index (χ1v) is 8.37. The number of thiophene rings is 1. The molecule has 6 heteroatoms. The average molecular weight is 324 g/mol. The molecule has 0 saturated carbocycles. The largest absolute Gasteiger partial charge is 0.333 e. The Bertz CT molecular complexity index is 952. The molecule has 0 saturated heterocycles. The first-order valence-electron chi connectivity index (χ1n) is 7.49. The van der Waals surface area contributed by atoms with Crippen LogP contribution in [-0.2, 0) is 13.0 Å². The summed E-state index contributed by atoms with van der Waals surface area (Å²) in [5.41, 5.74) is 4.72. The van der Waals surface area contributed by atoms with Gasteiger partial charge in [0.05, 0.1) is 22.2 Å². The maximum Gasteiger partial charge on any atom is 0.267 e. The molecule has 0 unspecified atom stereocenters. The van der Waals surface area contributed by atoms with Gasteiger partial charge in [0.25, 0.3) is 5.89 Å². The average Bonchev–Trinajstić information content (AvgIpc) is 3.26. The van der Waals surface area contributed by atoms with Gasteiger partial charge in [-0.2, -0.15) is 4.98 Å².